The normalized spacial score (nSPS) is 12.1. The van der Waals surface area contributed by atoms with E-state index in [1.54, 1.807) is 121 Å². The molecule has 13 heteroatoms. The SMILES string of the molecule is O=S(=O)(c1ccccc1)c1ccc(-c2ccccc2Oc2ccccc2-c2ccc(S(=O)(=O)c3ccccc3)cc2S(=O)(=O)c2ccccc2)c(S(=O)(=O)c2ccccc2)c1. The maximum atomic E-state index is 14.5. The molecule has 0 atom stereocenters. The number of benzene rings is 8. The van der Waals surface area contributed by atoms with Gasteiger partial charge in [0.1, 0.15) is 11.5 Å². The van der Waals surface area contributed by atoms with Crippen molar-refractivity contribution >= 4 is 39.3 Å². The van der Waals surface area contributed by atoms with Crippen LogP contribution < -0.4 is 4.74 Å². The summed E-state index contributed by atoms with van der Waals surface area (Å²) >= 11 is 0. The van der Waals surface area contributed by atoms with Crippen LogP contribution in [0.25, 0.3) is 22.3 Å². The van der Waals surface area contributed by atoms with E-state index in [0.717, 1.165) is 12.1 Å². The Morgan fingerprint density at radius 3 is 0.852 bits per heavy atom. The molecular weight excluding hydrogens is 849 g/mol. The predicted molar refractivity (Wildman–Crippen MR) is 231 cm³/mol. The summed E-state index contributed by atoms with van der Waals surface area (Å²) < 4.78 is 120. The quantitative estimate of drug-likeness (QED) is 0.117. The van der Waals surface area contributed by atoms with E-state index in [1.165, 1.54) is 72.8 Å². The molecule has 0 aliphatic carbocycles. The van der Waals surface area contributed by atoms with Gasteiger partial charge < -0.3 is 4.74 Å². The van der Waals surface area contributed by atoms with Gasteiger partial charge in [0.05, 0.1) is 39.2 Å². The van der Waals surface area contributed by atoms with E-state index in [4.69, 9.17) is 4.74 Å². The van der Waals surface area contributed by atoms with Crippen molar-refractivity contribution in [2.45, 2.75) is 39.2 Å². The highest BCUT2D eigenvalue weighted by molar-refractivity contribution is 7.93. The molecule has 8 aromatic rings. The van der Waals surface area contributed by atoms with Crippen LogP contribution in [0.2, 0.25) is 0 Å². The third-order valence-corrected chi connectivity index (χ3v) is 17.0. The van der Waals surface area contributed by atoms with E-state index in [-0.39, 0.29) is 72.9 Å². The molecule has 0 aliphatic heterocycles. The molecule has 0 N–H and O–H groups in total. The third kappa shape index (κ3) is 7.91. The standard InChI is InChI=1S/C48H34O9S4/c49-58(50,35-17-5-1-6-18-35)39-29-31-43(47(33-39)60(53,54)37-21-9-3-10-22-37)41-25-13-15-27-45(41)57-46-28-16-14-26-42(46)44-32-30-40(59(51,52)36-19-7-2-8-20-36)34-48(44)61(55,56)38-23-11-4-12-24-38/h1-34H. The summed E-state index contributed by atoms with van der Waals surface area (Å²) in [6.07, 6.45) is 0. The monoisotopic (exact) mass is 882 g/mol. The van der Waals surface area contributed by atoms with Crippen molar-refractivity contribution in [3.05, 3.63) is 206 Å². The number of para-hydroxylation sites is 2. The molecule has 0 spiro atoms. The first kappa shape index (κ1) is 41.1. The molecule has 0 heterocycles. The highest BCUT2D eigenvalue weighted by atomic mass is 32.2. The Labute approximate surface area is 354 Å². The van der Waals surface area contributed by atoms with Crippen LogP contribution in [-0.4, -0.2) is 33.7 Å². The van der Waals surface area contributed by atoms with Crippen LogP contribution in [-0.2, 0) is 39.3 Å². The molecule has 0 aromatic heterocycles. The summed E-state index contributed by atoms with van der Waals surface area (Å²) in [4.78, 5) is -1.16. The first-order chi connectivity index (χ1) is 29.3. The second-order valence-corrected chi connectivity index (χ2v) is 21.4. The molecule has 0 unspecified atom stereocenters. The van der Waals surface area contributed by atoms with Gasteiger partial charge in [-0.25, -0.2) is 33.7 Å². The summed E-state index contributed by atoms with van der Waals surface area (Å²) in [5.41, 5.74) is 0.868. The number of hydrogen-bond donors (Lipinski definition) is 0. The molecule has 0 bridgehead atoms. The summed E-state index contributed by atoms with van der Waals surface area (Å²) in [7, 11) is -17.0. The number of rotatable bonds is 12. The average Bonchev–Trinajstić information content (AvgIpc) is 3.30. The lowest BCUT2D eigenvalue weighted by molar-refractivity contribution is 0.486. The topological polar surface area (TPSA) is 146 Å². The highest BCUT2D eigenvalue weighted by Crippen LogP contribution is 2.44. The van der Waals surface area contributed by atoms with E-state index < -0.39 is 39.3 Å². The van der Waals surface area contributed by atoms with Crippen molar-refractivity contribution in [2.24, 2.45) is 0 Å². The second kappa shape index (κ2) is 16.4. The molecule has 0 saturated heterocycles. The maximum absolute atomic E-state index is 14.5. The lowest BCUT2D eigenvalue weighted by Crippen LogP contribution is -2.08. The maximum Gasteiger partial charge on any atom is 0.207 e. The molecule has 61 heavy (non-hydrogen) atoms. The van der Waals surface area contributed by atoms with Crippen molar-refractivity contribution in [1.82, 2.24) is 0 Å². The van der Waals surface area contributed by atoms with Gasteiger partial charge in [-0.2, -0.15) is 0 Å². The number of sulfone groups is 4. The Kier molecular flexibility index (Phi) is 11.1. The molecule has 8 rings (SSSR count). The van der Waals surface area contributed by atoms with E-state index in [9.17, 15) is 33.7 Å². The lowest BCUT2D eigenvalue weighted by atomic mass is 10.0. The number of ether oxygens (including phenoxy) is 1. The van der Waals surface area contributed by atoms with E-state index in [1.807, 2.05) is 0 Å². The fourth-order valence-corrected chi connectivity index (χ4v) is 12.6. The van der Waals surface area contributed by atoms with Gasteiger partial charge in [0.2, 0.25) is 39.3 Å². The molecule has 0 fully saturated rings. The van der Waals surface area contributed by atoms with Crippen molar-refractivity contribution in [1.29, 1.82) is 0 Å². The zero-order valence-corrected chi connectivity index (χ0v) is 35.2. The van der Waals surface area contributed by atoms with Gasteiger partial charge in [0.15, 0.2) is 0 Å². The smallest absolute Gasteiger partial charge is 0.207 e. The zero-order chi connectivity index (χ0) is 42.8. The molecule has 304 valence electrons. The summed E-state index contributed by atoms with van der Waals surface area (Å²) in [5.74, 6) is 0.322. The van der Waals surface area contributed by atoms with Crippen LogP contribution in [0, 0.1) is 0 Å². The third-order valence-electron chi connectivity index (χ3n) is 9.89. The summed E-state index contributed by atoms with van der Waals surface area (Å²) in [6.45, 7) is 0. The van der Waals surface area contributed by atoms with Gasteiger partial charge >= 0.3 is 0 Å². The van der Waals surface area contributed by atoms with Crippen LogP contribution in [0.5, 0.6) is 11.5 Å². The second-order valence-electron chi connectivity index (χ2n) is 13.7. The van der Waals surface area contributed by atoms with Gasteiger partial charge in [-0.15, -0.1) is 0 Å². The lowest BCUT2D eigenvalue weighted by Gasteiger charge is -2.19. The Morgan fingerprint density at radius 2 is 0.525 bits per heavy atom. The van der Waals surface area contributed by atoms with Crippen LogP contribution in [0.3, 0.4) is 0 Å². The average molecular weight is 883 g/mol. The van der Waals surface area contributed by atoms with E-state index in [0.29, 0.717) is 0 Å². The fourth-order valence-electron chi connectivity index (χ4n) is 6.83. The van der Waals surface area contributed by atoms with Crippen molar-refractivity contribution in [3.63, 3.8) is 0 Å². The minimum Gasteiger partial charge on any atom is -0.456 e. The Balaban J connectivity index is 1.29. The first-order valence-corrected chi connectivity index (χ1v) is 24.6. The van der Waals surface area contributed by atoms with Crippen LogP contribution in [0.15, 0.2) is 245 Å². The summed E-state index contributed by atoms with van der Waals surface area (Å²) in [6, 6.07) is 51.8. The fraction of sp³-hybridized carbons (Fsp3) is 0. The molecule has 8 aromatic carbocycles. The highest BCUT2D eigenvalue weighted by Gasteiger charge is 2.30. The van der Waals surface area contributed by atoms with Crippen LogP contribution >= 0.6 is 0 Å². The zero-order valence-electron chi connectivity index (χ0n) is 31.9. The van der Waals surface area contributed by atoms with Gasteiger partial charge in [-0.05, 0) is 84.9 Å². The van der Waals surface area contributed by atoms with Crippen LogP contribution in [0.4, 0.5) is 0 Å². The molecule has 9 nitrogen and oxygen atoms in total. The van der Waals surface area contributed by atoms with Crippen molar-refractivity contribution < 1.29 is 38.4 Å². The molecule has 0 radical (unpaired) electrons. The van der Waals surface area contributed by atoms with Crippen LogP contribution in [0.1, 0.15) is 0 Å². The molecule has 0 amide bonds. The minimum absolute atomic E-state index is 0.00880. The molecule has 0 aliphatic rings. The van der Waals surface area contributed by atoms with Crippen molar-refractivity contribution in [2.75, 3.05) is 0 Å². The Hall–Kier alpha value is -6.64. The molecular formula is C48H34O9S4. The van der Waals surface area contributed by atoms with Gasteiger partial charge in [0.25, 0.3) is 0 Å². The predicted octanol–water partition coefficient (Wildman–Crippen LogP) is 10.1. The van der Waals surface area contributed by atoms with E-state index >= 15 is 0 Å². The minimum atomic E-state index is -4.34. The van der Waals surface area contributed by atoms with Gasteiger partial charge in [-0.1, -0.05) is 121 Å². The van der Waals surface area contributed by atoms with Crippen molar-refractivity contribution in [3.8, 4) is 33.8 Å². The Morgan fingerprint density at radius 1 is 0.246 bits per heavy atom. The van der Waals surface area contributed by atoms with Gasteiger partial charge in [0, 0.05) is 22.3 Å². The van der Waals surface area contributed by atoms with Gasteiger partial charge in [-0.3, -0.25) is 0 Å². The number of hydrogen-bond acceptors (Lipinski definition) is 9. The first-order valence-electron chi connectivity index (χ1n) is 18.6. The molecule has 0 saturated carbocycles. The Bertz CT molecular complexity index is 3130. The van der Waals surface area contributed by atoms with E-state index in [2.05, 4.69) is 0 Å². The largest absolute Gasteiger partial charge is 0.456 e. The summed E-state index contributed by atoms with van der Waals surface area (Å²) in [5, 5.41) is 0.